The first-order valence-electron chi connectivity index (χ1n) is 7.53. The molecule has 3 aromatic rings. The summed E-state index contributed by atoms with van der Waals surface area (Å²) in [7, 11) is 1.60. The third-order valence-corrected chi connectivity index (χ3v) is 3.49. The number of benzene rings is 2. The van der Waals surface area contributed by atoms with E-state index in [4.69, 9.17) is 4.74 Å². The molecule has 0 aliphatic carbocycles. The Morgan fingerprint density at radius 2 is 1.96 bits per heavy atom. The van der Waals surface area contributed by atoms with Crippen LogP contribution in [0.15, 0.2) is 60.9 Å². The van der Waals surface area contributed by atoms with E-state index >= 15 is 0 Å². The van der Waals surface area contributed by atoms with Gasteiger partial charge in [-0.15, -0.1) is 0 Å². The first kappa shape index (κ1) is 15.6. The van der Waals surface area contributed by atoms with Crippen molar-refractivity contribution in [3.8, 4) is 17.1 Å². The van der Waals surface area contributed by atoms with Gasteiger partial charge in [0.15, 0.2) is 0 Å². The van der Waals surface area contributed by atoms with Crippen molar-refractivity contribution in [2.45, 2.75) is 0 Å². The van der Waals surface area contributed by atoms with Crippen LogP contribution in [0.3, 0.4) is 0 Å². The van der Waals surface area contributed by atoms with Crippen LogP contribution in [-0.2, 0) is 4.79 Å². The lowest BCUT2D eigenvalue weighted by molar-refractivity contribution is -0.114. The van der Waals surface area contributed by atoms with Crippen LogP contribution in [-0.4, -0.2) is 29.5 Å². The Hall–Kier alpha value is -3.28. The molecule has 0 aliphatic rings. The van der Waals surface area contributed by atoms with Crippen LogP contribution in [0.25, 0.3) is 11.4 Å². The topological polar surface area (TPSA) is 79.0 Å². The Kier molecular flexibility index (Phi) is 4.76. The number of anilines is 2. The fourth-order valence-electron chi connectivity index (χ4n) is 2.31. The average Bonchev–Trinajstić information content (AvgIpc) is 3.15. The van der Waals surface area contributed by atoms with Crippen molar-refractivity contribution in [2.24, 2.45) is 0 Å². The van der Waals surface area contributed by atoms with E-state index in [9.17, 15) is 4.79 Å². The fraction of sp³-hybridized carbons (Fsp3) is 0.111. The second kappa shape index (κ2) is 7.32. The van der Waals surface area contributed by atoms with Crippen molar-refractivity contribution in [3.05, 3.63) is 60.9 Å². The molecule has 24 heavy (non-hydrogen) atoms. The Bertz CT molecular complexity index is 798. The summed E-state index contributed by atoms with van der Waals surface area (Å²) in [6.07, 6.45) is 3.48. The van der Waals surface area contributed by atoms with Gasteiger partial charge in [0, 0.05) is 23.6 Å². The molecule has 6 heteroatoms. The van der Waals surface area contributed by atoms with Gasteiger partial charge in [0.25, 0.3) is 0 Å². The number of rotatable bonds is 6. The largest absolute Gasteiger partial charge is 0.495 e. The molecule has 0 unspecified atom stereocenters. The van der Waals surface area contributed by atoms with E-state index < -0.39 is 0 Å². The summed E-state index contributed by atoms with van der Waals surface area (Å²) in [5.41, 5.74) is 2.48. The third-order valence-electron chi connectivity index (χ3n) is 3.49. The molecular formula is C18H18N4O2. The Morgan fingerprint density at radius 1 is 1.17 bits per heavy atom. The Labute approximate surface area is 139 Å². The Balaban J connectivity index is 1.57. The Morgan fingerprint density at radius 3 is 2.67 bits per heavy atom. The van der Waals surface area contributed by atoms with Gasteiger partial charge in [-0.25, -0.2) is 4.98 Å². The van der Waals surface area contributed by atoms with Gasteiger partial charge in [-0.2, -0.15) is 0 Å². The van der Waals surface area contributed by atoms with Gasteiger partial charge in [0.2, 0.25) is 5.91 Å². The minimum absolute atomic E-state index is 0.133. The number of amides is 1. The molecule has 0 aliphatic heterocycles. The SMILES string of the molecule is COc1ccccc1NCC(=O)Nc1ccc(-c2ncc[nH]2)cc1. The second-order valence-electron chi connectivity index (χ2n) is 5.12. The van der Waals surface area contributed by atoms with Gasteiger partial charge in [0.1, 0.15) is 11.6 Å². The molecule has 0 radical (unpaired) electrons. The highest BCUT2D eigenvalue weighted by Crippen LogP contribution is 2.22. The van der Waals surface area contributed by atoms with Crippen LogP contribution in [0.4, 0.5) is 11.4 Å². The maximum absolute atomic E-state index is 12.1. The summed E-state index contributed by atoms with van der Waals surface area (Å²) in [5.74, 6) is 1.37. The van der Waals surface area contributed by atoms with Gasteiger partial charge in [-0.05, 0) is 36.4 Å². The number of nitrogens with one attached hydrogen (secondary N) is 3. The van der Waals surface area contributed by atoms with E-state index in [0.717, 1.165) is 22.8 Å². The maximum Gasteiger partial charge on any atom is 0.243 e. The fourth-order valence-corrected chi connectivity index (χ4v) is 2.31. The predicted octanol–water partition coefficient (Wildman–Crippen LogP) is 3.14. The molecule has 2 aromatic carbocycles. The highest BCUT2D eigenvalue weighted by molar-refractivity contribution is 5.94. The number of nitrogens with zero attached hydrogens (tertiary/aromatic N) is 1. The number of para-hydroxylation sites is 2. The smallest absolute Gasteiger partial charge is 0.243 e. The number of aromatic amines is 1. The zero-order chi connectivity index (χ0) is 16.8. The third kappa shape index (κ3) is 3.73. The number of H-pyrrole nitrogens is 1. The molecule has 0 spiro atoms. The zero-order valence-electron chi connectivity index (χ0n) is 13.2. The first-order valence-corrected chi connectivity index (χ1v) is 7.53. The lowest BCUT2D eigenvalue weighted by Gasteiger charge is -2.11. The molecule has 3 N–H and O–H groups in total. The number of carbonyl (C=O) groups is 1. The van der Waals surface area contributed by atoms with E-state index in [-0.39, 0.29) is 12.5 Å². The number of ether oxygens (including phenoxy) is 1. The van der Waals surface area contributed by atoms with E-state index in [0.29, 0.717) is 5.75 Å². The number of aromatic nitrogens is 2. The van der Waals surface area contributed by atoms with Crippen LogP contribution in [0.1, 0.15) is 0 Å². The van der Waals surface area contributed by atoms with Crippen LogP contribution in [0.2, 0.25) is 0 Å². The summed E-state index contributed by atoms with van der Waals surface area (Å²) in [6, 6.07) is 15.0. The van der Waals surface area contributed by atoms with Crippen molar-refractivity contribution in [3.63, 3.8) is 0 Å². The number of imidazole rings is 1. The van der Waals surface area contributed by atoms with E-state index in [1.54, 1.807) is 19.5 Å². The van der Waals surface area contributed by atoms with Gasteiger partial charge < -0.3 is 20.4 Å². The van der Waals surface area contributed by atoms with Crippen LogP contribution in [0.5, 0.6) is 5.75 Å². The molecule has 0 saturated carbocycles. The van der Waals surface area contributed by atoms with Crippen molar-refractivity contribution in [1.29, 1.82) is 0 Å². The molecule has 0 bridgehead atoms. The summed E-state index contributed by atoms with van der Waals surface area (Å²) < 4.78 is 5.24. The first-order chi connectivity index (χ1) is 11.8. The van der Waals surface area contributed by atoms with Crippen molar-refractivity contribution >= 4 is 17.3 Å². The van der Waals surface area contributed by atoms with Gasteiger partial charge >= 0.3 is 0 Å². The van der Waals surface area contributed by atoms with Gasteiger partial charge in [-0.1, -0.05) is 12.1 Å². The van der Waals surface area contributed by atoms with E-state index in [1.807, 2.05) is 48.5 Å². The summed E-state index contributed by atoms with van der Waals surface area (Å²) in [6.45, 7) is 0.153. The summed E-state index contributed by atoms with van der Waals surface area (Å²) >= 11 is 0. The summed E-state index contributed by atoms with van der Waals surface area (Å²) in [5, 5.41) is 5.92. The van der Waals surface area contributed by atoms with Crippen molar-refractivity contribution in [2.75, 3.05) is 24.3 Å². The average molecular weight is 322 g/mol. The highest BCUT2D eigenvalue weighted by atomic mass is 16.5. The summed E-state index contributed by atoms with van der Waals surface area (Å²) in [4.78, 5) is 19.3. The second-order valence-corrected chi connectivity index (χ2v) is 5.12. The van der Waals surface area contributed by atoms with Crippen LogP contribution in [0, 0.1) is 0 Å². The van der Waals surface area contributed by atoms with Gasteiger partial charge in [0.05, 0.1) is 19.3 Å². The minimum Gasteiger partial charge on any atom is -0.495 e. The molecule has 1 heterocycles. The van der Waals surface area contributed by atoms with E-state index in [2.05, 4.69) is 20.6 Å². The monoisotopic (exact) mass is 322 g/mol. The number of carbonyl (C=O) groups excluding carboxylic acids is 1. The molecule has 122 valence electrons. The minimum atomic E-state index is -0.133. The normalized spacial score (nSPS) is 10.2. The van der Waals surface area contributed by atoms with Crippen LogP contribution < -0.4 is 15.4 Å². The number of hydrogen-bond acceptors (Lipinski definition) is 4. The zero-order valence-corrected chi connectivity index (χ0v) is 13.2. The quantitative estimate of drug-likeness (QED) is 0.651. The van der Waals surface area contributed by atoms with Crippen molar-refractivity contribution < 1.29 is 9.53 Å². The standard InChI is InChI=1S/C18H18N4O2/c1-24-16-5-3-2-4-15(16)21-12-17(23)22-14-8-6-13(7-9-14)18-19-10-11-20-18/h2-11,21H,12H2,1H3,(H,19,20)(H,22,23). The molecule has 0 saturated heterocycles. The molecular weight excluding hydrogens is 304 g/mol. The van der Waals surface area contributed by atoms with E-state index in [1.165, 1.54) is 0 Å². The molecule has 3 rings (SSSR count). The lowest BCUT2D eigenvalue weighted by Crippen LogP contribution is -2.21. The maximum atomic E-state index is 12.1. The molecule has 1 aromatic heterocycles. The van der Waals surface area contributed by atoms with Crippen LogP contribution >= 0.6 is 0 Å². The van der Waals surface area contributed by atoms with Gasteiger partial charge in [-0.3, -0.25) is 4.79 Å². The predicted molar refractivity (Wildman–Crippen MR) is 94.1 cm³/mol. The van der Waals surface area contributed by atoms with Crippen molar-refractivity contribution in [1.82, 2.24) is 9.97 Å². The highest BCUT2D eigenvalue weighted by Gasteiger charge is 2.06. The molecule has 6 nitrogen and oxygen atoms in total. The lowest BCUT2D eigenvalue weighted by atomic mass is 10.2. The molecule has 0 atom stereocenters. The molecule has 1 amide bonds. The number of hydrogen-bond donors (Lipinski definition) is 3. The molecule has 0 fully saturated rings. The number of methoxy groups -OCH3 is 1.